The van der Waals surface area contributed by atoms with E-state index in [1.54, 1.807) is 0 Å². The average Bonchev–Trinajstić information content (AvgIpc) is 2.36. The van der Waals surface area contributed by atoms with Crippen molar-refractivity contribution in [3.8, 4) is 0 Å². The first kappa shape index (κ1) is 19.0. The normalized spacial score (nSPS) is 19.3. The summed E-state index contributed by atoms with van der Waals surface area (Å²) in [5.41, 5.74) is 6.68. The van der Waals surface area contributed by atoms with Gasteiger partial charge in [0.2, 0.25) is 0 Å². The quantitative estimate of drug-likeness (QED) is 0.589. The Bertz CT molecular complexity index is 230. The summed E-state index contributed by atoms with van der Waals surface area (Å²) >= 11 is 0. The van der Waals surface area contributed by atoms with Crippen LogP contribution in [0, 0.1) is 29.1 Å². The highest BCUT2D eigenvalue weighted by molar-refractivity contribution is 4.83. The smallest absolute Gasteiger partial charge is 0.00645 e. The van der Waals surface area contributed by atoms with Crippen molar-refractivity contribution in [2.45, 2.75) is 87.1 Å². The third kappa shape index (κ3) is 5.45. The van der Waals surface area contributed by atoms with Gasteiger partial charge in [-0.05, 0) is 41.9 Å². The van der Waals surface area contributed by atoms with E-state index < -0.39 is 0 Å². The van der Waals surface area contributed by atoms with Crippen molar-refractivity contribution >= 4 is 0 Å². The van der Waals surface area contributed by atoms with Crippen LogP contribution in [0.25, 0.3) is 0 Å². The second kappa shape index (κ2) is 8.29. The topological polar surface area (TPSA) is 26.0 Å². The van der Waals surface area contributed by atoms with Gasteiger partial charge in [0.05, 0.1) is 0 Å². The molecule has 0 aliphatic heterocycles. The van der Waals surface area contributed by atoms with E-state index in [1.807, 2.05) is 0 Å². The van der Waals surface area contributed by atoms with Gasteiger partial charge in [0, 0.05) is 6.04 Å². The van der Waals surface area contributed by atoms with E-state index in [-0.39, 0.29) is 0 Å². The Kier molecular flexibility index (Phi) is 8.27. The van der Waals surface area contributed by atoms with E-state index >= 15 is 0 Å². The van der Waals surface area contributed by atoms with Crippen LogP contribution in [0.5, 0.6) is 0 Å². The fourth-order valence-electron chi connectivity index (χ4n) is 3.86. The Morgan fingerprint density at radius 3 is 1.68 bits per heavy atom. The Hall–Kier alpha value is -0.0400. The predicted octanol–water partition coefficient (Wildman–Crippen LogP) is 5.48. The largest absolute Gasteiger partial charge is 0.327 e. The maximum absolute atomic E-state index is 6.23. The number of hydrogen-bond donors (Lipinski definition) is 1. The summed E-state index contributed by atoms with van der Waals surface area (Å²) in [7, 11) is 0. The maximum atomic E-state index is 6.23. The summed E-state index contributed by atoms with van der Waals surface area (Å²) in [6, 6.07) is 0.355. The number of nitrogens with two attached hydrogens (primary N) is 1. The molecule has 4 atom stereocenters. The van der Waals surface area contributed by atoms with E-state index in [4.69, 9.17) is 5.73 Å². The van der Waals surface area contributed by atoms with E-state index in [2.05, 4.69) is 55.4 Å². The molecule has 1 nitrogen and oxygen atoms in total. The van der Waals surface area contributed by atoms with Gasteiger partial charge in [-0.1, -0.05) is 68.2 Å². The maximum Gasteiger partial charge on any atom is 0.00645 e. The zero-order valence-corrected chi connectivity index (χ0v) is 14.8. The van der Waals surface area contributed by atoms with Crippen molar-refractivity contribution in [2.75, 3.05) is 0 Å². The lowest BCUT2D eigenvalue weighted by Gasteiger charge is -2.39. The van der Waals surface area contributed by atoms with E-state index in [1.165, 1.54) is 19.3 Å². The van der Waals surface area contributed by atoms with E-state index in [9.17, 15) is 0 Å². The minimum absolute atomic E-state index is 0.355. The molecule has 0 fully saturated rings. The van der Waals surface area contributed by atoms with Gasteiger partial charge in [-0.2, -0.15) is 0 Å². The van der Waals surface area contributed by atoms with Gasteiger partial charge in [-0.25, -0.2) is 0 Å². The zero-order chi connectivity index (χ0) is 15.2. The van der Waals surface area contributed by atoms with Gasteiger partial charge in [-0.3, -0.25) is 0 Å². The molecule has 0 spiro atoms. The molecular formula is C18H39N. The summed E-state index contributed by atoms with van der Waals surface area (Å²) < 4.78 is 0. The molecule has 4 unspecified atom stereocenters. The Morgan fingerprint density at radius 2 is 1.32 bits per heavy atom. The highest BCUT2D eigenvalue weighted by Gasteiger charge is 2.32. The molecule has 0 aliphatic carbocycles. The van der Waals surface area contributed by atoms with Crippen molar-refractivity contribution in [3.63, 3.8) is 0 Å². The van der Waals surface area contributed by atoms with Crippen LogP contribution in [0.2, 0.25) is 0 Å². The zero-order valence-electron chi connectivity index (χ0n) is 14.8. The molecule has 0 saturated carbocycles. The SMILES string of the molecule is CCC(N)C(C)C(C)C(C)CC(C)(C)C(CC)CC. The summed E-state index contributed by atoms with van der Waals surface area (Å²) in [6.45, 7) is 18.9. The molecule has 2 N–H and O–H groups in total. The molecule has 0 amide bonds. The molecule has 0 radical (unpaired) electrons. The van der Waals surface area contributed by atoms with Crippen LogP contribution in [0.4, 0.5) is 0 Å². The summed E-state index contributed by atoms with van der Waals surface area (Å²) in [6.07, 6.45) is 5.01. The molecule has 0 heterocycles. The molecule has 0 aromatic rings. The first-order valence-electron chi connectivity index (χ1n) is 8.46. The summed E-state index contributed by atoms with van der Waals surface area (Å²) in [5.74, 6) is 2.93. The molecule has 0 saturated heterocycles. The Balaban J connectivity index is 4.62. The molecule has 1 heteroatoms. The van der Waals surface area contributed by atoms with Gasteiger partial charge >= 0.3 is 0 Å². The third-order valence-corrected chi connectivity index (χ3v) is 5.81. The molecule has 0 aromatic carbocycles. The van der Waals surface area contributed by atoms with Crippen molar-refractivity contribution in [2.24, 2.45) is 34.8 Å². The van der Waals surface area contributed by atoms with Crippen molar-refractivity contribution in [1.29, 1.82) is 0 Å². The lowest BCUT2D eigenvalue weighted by atomic mass is 9.67. The van der Waals surface area contributed by atoms with Gasteiger partial charge in [-0.15, -0.1) is 0 Å². The van der Waals surface area contributed by atoms with E-state index in [0.717, 1.165) is 18.3 Å². The predicted molar refractivity (Wildman–Crippen MR) is 88.2 cm³/mol. The second-order valence-corrected chi connectivity index (χ2v) is 7.47. The Labute approximate surface area is 122 Å². The van der Waals surface area contributed by atoms with Crippen LogP contribution in [0.3, 0.4) is 0 Å². The minimum atomic E-state index is 0.355. The third-order valence-electron chi connectivity index (χ3n) is 5.81. The lowest BCUT2D eigenvalue weighted by Crippen LogP contribution is -2.36. The Morgan fingerprint density at radius 1 is 0.842 bits per heavy atom. The van der Waals surface area contributed by atoms with Crippen LogP contribution in [-0.2, 0) is 0 Å². The fraction of sp³-hybridized carbons (Fsp3) is 1.00. The van der Waals surface area contributed by atoms with Crippen molar-refractivity contribution in [3.05, 3.63) is 0 Å². The summed E-state index contributed by atoms with van der Waals surface area (Å²) in [5, 5.41) is 0. The molecule has 19 heavy (non-hydrogen) atoms. The van der Waals surface area contributed by atoms with E-state index in [0.29, 0.717) is 23.3 Å². The highest BCUT2D eigenvalue weighted by Crippen LogP contribution is 2.41. The van der Waals surface area contributed by atoms with Crippen LogP contribution in [-0.4, -0.2) is 6.04 Å². The van der Waals surface area contributed by atoms with Gasteiger partial charge in [0.15, 0.2) is 0 Å². The standard InChI is InChI=1S/C18H39N/c1-9-16(10-2)18(7,8)12-13(4)14(5)15(6)17(19)11-3/h13-17H,9-12,19H2,1-8H3. The molecule has 0 aliphatic rings. The first-order valence-corrected chi connectivity index (χ1v) is 8.46. The molecule has 116 valence electrons. The minimum Gasteiger partial charge on any atom is -0.327 e. The van der Waals surface area contributed by atoms with Crippen LogP contribution in [0.1, 0.15) is 81.1 Å². The first-order chi connectivity index (χ1) is 8.71. The van der Waals surface area contributed by atoms with Crippen LogP contribution >= 0.6 is 0 Å². The molecule has 0 aromatic heterocycles. The second-order valence-electron chi connectivity index (χ2n) is 7.47. The van der Waals surface area contributed by atoms with Crippen LogP contribution in [0.15, 0.2) is 0 Å². The molecular weight excluding hydrogens is 230 g/mol. The van der Waals surface area contributed by atoms with Crippen LogP contribution < -0.4 is 5.73 Å². The highest BCUT2D eigenvalue weighted by atomic mass is 14.6. The number of rotatable bonds is 9. The molecule has 0 rings (SSSR count). The summed E-state index contributed by atoms with van der Waals surface area (Å²) in [4.78, 5) is 0. The van der Waals surface area contributed by atoms with Gasteiger partial charge < -0.3 is 5.73 Å². The van der Waals surface area contributed by atoms with Gasteiger partial charge in [0.25, 0.3) is 0 Å². The monoisotopic (exact) mass is 269 g/mol. The van der Waals surface area contributed by atoms with Crippen molar-refractivity contribution in [1.82, 2.24) is 0 Å². The van der Waals surface area contributed by atoms with Gasteiger partial charge in [0.1, 0.15) is 0 Å². The number of hydrogen-bond acceptors (Lipinski definition) is 1. The fourth-order valence-corrected chi connectivity index (χ4v) is 3.86. The lowest BCUT2D eigenvalue weighted by molar-refractivity contribution is 0.116. The average molecular weight is 270 g/mol. The molecule has 0 bridgehead atoms. The van der Waals surface area contributed by atoms with Crippen molar-refractivity contribution < 1.29 is 0 Å².